The van der Waals surface area contributed by atoms with Gasteiger partial charge in [-0.1, -0.05) is 61.5 Å². The van der Waals surface area contributed by atoms with E-state index in [4.69, 9.17) is 13.9 Å². The van der Waals surface area contributed by atoms with Crippen molar-refractivity contribution < 1.29 is 31.9 Å². The lowest BCUT2D eigenvalue weighted by atomic mass is 10.0. The van der Waals surface area contributed by atoms with Crippen LogP contribution >= 0.6 is 0 Å². The molecule has 0 bridgehead atoms. The van der Waals surface area contributed by atoms with Crippen molar-refractivity contribution in [1.82, 2.24) is 0 Å². The fourth-order valence-electron chi connectivity index (χ4n) is 4.11. The highest BCUT2D eigenvalue weighted by Crippen LogP contribution is 2.38. The summed E-state index contributed by atoms with van der Waals surface area (Å²) in [5.74, 6) is -3.33. The largest absolute Gasteiger partial charge is 0.453 e. The first-order chi connectivity index (χ1) is 18.7. The molecule has 8 heteroatoms. The van der Waals surface area contributed by atoms with Gasteiger partial charge >= 0.3 is 12.1 Å². The van der Waals surface area contributed by atoms with Crippen LogP contribution in [0.3, 0.4) is 0 Å². The highest BCUT2D eigenvalue weighted by molar-refractivity contribution is 5.95. The Hall–Kier alpha value is -4.85. The number of ether oxygens (including phenoxy) is 2. The number of carbonyl (C=O) groups excluding carboxylic acids is 1. The van der Waals surface area contributed by atoms with Crippen LogP contribution in [0, 0.1) is 0 Å². The third-order valence-electron chi connectivity index (χ3n) is 6.07. The minimum absolute atomic E-state index is 0.0629. The van der Waals surface area contributed by atoms with Gasteiger partial charge in [0, 0.05) is 12.1 Å². The van der Waals surface area contributed by atoms with E-state index in [1.807, 2.05) is 49.4 Å². The number of alkyl halides is 3. The van der Waals surface area contributed by atoms with Gasteiger partial charge in [0.25, 0.3) is 5.76 Å². The van der Waals surface area contributed by atoms with Crippen LogP contribution in [-0.2, 0) is 17.4 Å². The van der Waals surface area contributed by atoms with Crippen molar-refractivity contribution in [3.63, 3.8) is 0 Å². The van der Waals surface area contributed by atoms with Crippen molar-refractivity contribution in [3.05, 3.63) is 118 Å². The van der Waals surface area contributed by atoms with Crippen LogP contribution in [0.4, 0.5) is 13.2 Å². The van der Waals surface area contributed by atoms with Gasteiger partial charge in [0.15, 0.2) is 0 Å². The molecule has 0 aliphatic rings. The summed E-state index contributed by atoms with van der Waals surface area (Å²) in [5, 5.41) is 1.78. The fourth-order valence-corrected chi connectivity index (χ4v) is 4.11. The lowest BCUT2D eigenvalue weighted by molar-refractivity contribution is -0.154. The monoisotopic (exact) mass is 530 g/mol. The maximum Gasteiger partial charge on any atom is 0.453 e. The molecule has 4 aromatic carbocycles. The molecule has 0 fully saturated rings. The van der Waals surface area contributed by atoms with E-state index in [0.29, 0.717) is 0 Å². The molecule has 0 atom stereocenters. The maximum absolute atomic E-state index is 13.9. The van der Waals surface area contributed by atoms with E-state index in [9.17, 15) is 22.8 Å². The second-order valence-corrected chi connectivity index (χ2v) is 8.67. The third-order valence-corrected chi connectivity index (χ3v) is 6.07. The molecule has 39 heavy (non-hydrogen) atoms. The topological polar surface area (TPSA) is 65.7 Å². The minimum atomic E-state index is -5.01. The number of benzene rings is 4. The van der Waals surface area contributed by atoms with Crippen molar-refractivity contribution in [3.8, 4) is 17.2 Å². The molecule has 1 aromatic heterocycles. The van der Waals surface area contributed by atoms with E-state index < -0.39 is 34.7 Å². The summed E-state index contributed by atoms with van der Waals surface area (Å²) in [7, 11) is 0. The van der Waals surface area contributed by atoms with Gasteiger partial charge in [-0.2, -0.15) is 13.2 Å². The first kappa shape index (κ1) is 25.8. The summed E-state index contributed by atoms with van der Waals surface area (Å²) in [4.78, 5) is 25.5. The summed E-state index contributed by atoms with van der Waals surface area (Å²) < 4.78 is 57.3. The predicted molar refractivity (Wildman–Crippen MR) is 142 cm³/mol. The molecule has 0 radical (unpaired) electrons. The van der Waals surface area contributed by atoms with Crippen molar-refractivity contribution in [2.24, 2.45) is 0 Å². The van der Waals surface area contributed by atoms with Crippen LogP contribution in [-0.4, -0.2) is 5.97 Å². The number of aryl methyl sites for hydroxylation is 1. The third kappa shape index (κ3) is 5.55. The zero-order valence-electron chi connectivity index (χ0n) is 20.6. The van der Waals surface area contributed by atoms with Crippen molar-refractivity contribution >= 4 is 33.8 Å². The Kier molecular flexibility index (Phi) is 6.94. The van der Waals surface area contributed by atoms with Gasteiger partial charge in [-0.3, -0.25) is 4.79 Å². The molecular weight excluding hydrogens is 509 g/mol. The molecule has 0 N–H and O–H groups in total. The quantitative estimate of drug-likeness (QED) is 0.127. The van der Waals surface area contributed by atoms with Gasteiger partial charge in [-0.15, -0.1) is 0 Å². The van der Waals surface area contributed by atoms with E-state index in [0.717, 1.165) is 34.4 Å². The molecule has 5 aromatic rings. The van der Waals surface area contributed by atoms with Crippen molar-refractivity contribution in [1.29, 1.82) is 0 Å². The highest BCUT2D eigenvalue weighted by Gasteiger charge is 2.40. The first-order valence-electron chi connectivity index (χ1n) is 12.1. The molecule has 0 saturated heterocycles. The number of hydrogen-bond acceptors (Lipinski definition) is 5. The van der Waals surface area contributed by atoms with E-state index in [1.165, 1.54) is 30.3 Å². The van der Waals surface area contributed by atoms with Crippen molar-refractivity contribution in [2.75, 3.05) is 0 Å². The predicted octanol–water partition coefficient (Wildman–Crippen LogP) is 7.94. The summed E-state index contributed by atoms with van der Waals surface area (Å²) in [6, 6.07) is 23.2. The van der Waals surface area contributed by atoms with Gasteiger partial charge in [-0.25, -0.2) is 4.79 Å². The molecule has 0 aliphatic heterocycles. The number of rotatable bonds is 6. The van der Waals surface area contributed by atoms with E-state index >= 15 is 0 Å². The van der Waals surface area contributed by atoms with Gasteiger partial charge in [0.05, 0.1) is 5.39 Å². The Morgan fingerprint density at radius 2 is 1.62 bits per heavy atom. The van der Waals surface area contributed by atoms with Crippen LogP contribution < -0.4 is 14.9 Å². The SMILES string of the molecule is CCc1ccc(Oc2c(C(F)(F)F)oc3cc(OC(=O)/C=C/c4cccc5ccccc45)ccc3c2=O)cc1. The van der Waals surface area contributed by atoms with Gasteiger partial charge in [0.1, 0.15) is 17.1 Å². The second kappa shape index (κ2) is 10.5. The van der Waals surface area contributed by atoms with Crippen LogP contribution in [0.1, 0.15) is 23.8 Å². The molecule has 1 heterocycles. The van der Waals surface area contributed by atoms with Crippen LogP contribution in [0.5, 0.6) is 17.2 Å². The Morgan fingerprint density at radius 3 is 2.36 bits per heavy atom. The van der Waals surface area contributed by atoms with E-state index in [-0.39, 0.29) is 16.9 Å². The van der Waals surface area contributed by atoms with Gasteiger partial charge in [-0.05, 0) is 58.7 Å². The number of fused-ring (bicyclic) bond motifs is 2. The summed E-state index contributed by atoms with van der Waals surface area (Å²) >= 11 is 0. The van der Waals surface area contributed by atoms with Crippen molar-refractivity contribution in [2.45, 2.75) is 19.5 Å². The molecule has 0 spiro atoms. The first-order valence-corrected chi connectivity index (χ1v) is 12.1. The lowest BCUT2D eigenvalue weighted by Crippen LogP contribution is -2.15. The number of hydrogen-bond donors (Lipinski definition) is 0. The normalized spacial score (nSPS) is 11.8. The standard InChI is InChI=1S/C31H21F3O5/c1-2-19-10-13-22(14-11-19)38-29-28(36)25-16-15-23(18-26(25)39-30(29)31(32,33)34)37-27(35)17-12-21-8-5-7-20-6-3-4-9-24(20)21/h3-18H,2H2,1H3/b17-12+. The lowest BCUT2D eigenvalue weighted by Gasteiger charge is -2.13. The number of esters is 1. The molecule has 5 nitrogen and oxygen atoms in total. The summed E-state index contributed by atoms with van der Waals surface area (Å²) in [5.41, 5.74) is 0.348. The zero-order chi connectivity index (χ0) is 27.6. The molecule has 5 rings (SSSR count). The number of halogens is 3. The van der Waals surface area contributed by atoms with Crippen LogP contribution in [0.2, 0.25) is 0 Å². The molecular formula is C31H21F3O5. The molecule has 0 unspecified atom stereocenters. The highest BCUT2D eigenvalue weighted by atomic mass is 19.4. The summed E-state index contributed by atoms with van der Waals surface area (Å²) in [6.45, 7) is 1.93. The van der Waals surface area contributed by atoms with E-state index in [2.05, 4.69) is 0 Å². The Bertz CT molecular complexity index is 1760. The fraction of sp³-hybridized carbons (Fsp3) is 0.0968. The Labute approximate surface area is 220 Å². The average Bonchev–Trinajstić information content (AvgIpc) is 2.93. The number of carbonyl (C=O) groups is 1. The molecule has 0 aliphatic carbocycles. The molecule has 0 saturated carbocycles. The minimum Gasteiger partial charge on any atom is -0.449 e. The average molecular weight is 530 g/mol. The maximum atomic E-state index is 13.9. The zero-order valence-corrected chi connectivity index (χ0v) is 20.6. The van der Waals surface area contributed by atoms with Gasteiger partial charge < -0.3 is 13.9 Å². The molecule has 0 amide bonds. The molecule has 196 valence electrons. The van der Waals surface area contributed by atoms with E-state index in [1.54, 1.807) is 18.2 Å². The van der Waals surface area contributed by atoms with Gasteiger partial charge in [0.2, 0.25) is 11.2 Å². The Morgan fingerprint density at radius 1 is 0.897 bits per heavy atom. The Balaban J connectivity index is 1.44. The van der Waals surface area contributed by atoms with Crippen LogP contribution in [0.15, 0.2) is 100 Å². The summed E-state index contributed by atoms with van der Waals surface area (Å²) in [6.07, 6.45) is -1.48. The van der Waals surface area contributed by atoms with Crippen LogP contribution in [0.25, 0.3) is 27.8 Å². The second-order valence-electron chi connectivity index (χ2n) is 8.67. The smallest absolute Gasteiger partial charge is 0.449 e.